The number of carboxylic acids is 1. The largest absolute Gasteiger partial charge is 0.483 e. The summed E-state index contributed by atoms with van der Waals surface area (Å²) in [5.41, 5.74) is 1.08. The number of carboxylic acid groups (broad SMARTS) is 1. The molecule has 0 unspecified atom stereocenters. The van der Waals surface area contributed by atoms with Crippen molar-refractivity contribution < 1.29 is 19.4 Å². The van der Waals surface area contributed by atoms with Crippen LogP contribution in [-0.4, -0.2) is 35.0 Å². The molecule has 23 heavy (non-hydrogen) atoms. The van der Waals surface area contributed by atoms with Gasteiger partial charge in [0.1, 0.15) is 11.3 Å². The Hall–Kier alpha value is -2.82. The van der Waals surface area contributed by atoms with Crippen LogP contribution in [0.2, 0.25) is 0 Å². The number of hydrogen-bond donors (Lipinski definition) is 1. The van der Waals surface area contributed by atoms with Crippen molar-refractivity contribution in [3.8, 4) is 5.75 Å². The summed E-state index contributed by atoms with van der Waals surface area (Å²) in [4.78, 5) is 25.1. The van der Waals surface area contributed by atoms with Gasteiger partial charge in [0.25, 0.3) is 5.91 Å². The smallest absolute Gasteiger partial charge is 0.339 e. The van der Waals surface area contributed by atoms with Gasteiger partial charge in [-0.15, -0.1) is 0 Å². The van der Waals surface area contributed by atoms with Crippen LogP contribution in [0.25, 0.3) is 0 Å². The maximum atomic E-state index is 12.3. The zero-order valence-electron chi connectivity index (χ0n) is 12.9. The Balaban J connectivity index is 1.99. The van der Waals surface area contributed by atoms with Crippen molar-refractivity contribution in [2.75, 3.05) is 13.2 Å². The Morgan fingerprint density at radius 3 is 2.35 bits per heavy atom. The lowest BCUT2D eigenvalue weighted by Crippen LogP contribution is -2.34. The van der Waals surface area contributed by atoms with Crippen LogP contribution in [0, 0.1) is 0 Å². The first-order valence-electron chi connectivity index (χ1n) is 7.38. The lowest BCUT2D eigenvalue weighted by molar-refractivity contribution is -0.133. The van der Waals surface area contributed by atoms with E-state index in [2.05, 4.69) is 0 Å². The van der Waals surface area contributed by atoms with Crippen molar-refractivity contribution in [2.24, 2.45) is 0 Å². The van der Waals surface area contributed by atoms with Gasteiger partial charge >= 0.3 is 5.97 Å². The molecule has 0 radical (unpaired) electrons. The molecule has 0 aliphatic carbocycles. The third kappa shape index (κ3) is 4.57. The zero-order valence-corrected chi connectivity index (χ0v) is 12.9. The molecule has 2 aromatic carbocycles. The van der Waals surface area contributed by atoms with Crippen LogP contribution in [0.4, 0.5) is 0 Å². The van der Waals surface area contributed by atoms with E-state index >= 15 is 0 Å². The van der Waals surface area contributed by atoms with Crippen LogP contribution in [0.5, 0.6) is 5.75 Å². The molecule has 120 valence electrons. The summed E-state index contributed by atoms with van der Waals surface area (Å²) >= 11 is 0. The topological polar surface area (TPSA) is 66.8 Å². The minimum atomic E-state index is -1.08. The van der Waals surface area contributed by atoms with Gasteiger partial charge in [-0.1, -0.05) is 42.5 Å². The summed E-state index contributed by atoms with van der Waals surface area (Å²) in [5, 5.41) is 9.11. The van der Waals surface area contributed by atoms with E-state index in [1.54, 1.807) is 23.1 Å². The number of carbonyl (C=O) groups is 2. The van der Waals surface area contributed by atoms with Gasteiger partial charge in [-0.3, -0.25) is 4.79 Å². The average Bonchev–Trinajstić information content (AvgIpc) is 2.58. The van der Waals surface area contributed by atoms with E-state index in [9.17, 15) is 9.59 Å². The molecule has 0 aromatic heterocycles. The average molecular weight is 313 g/mol. The van der Waals surface area contributed by atoms with Crippen LogP contribution >= 0.6 is 0 Å². The standard InChI is InChI=1S/C18H19NO4/c1-2-19(12-14-8-4-3-5-9-14)17(20)13-23-16-11-7-6-10-15(16)18(21)22/h3-11H,2,12-13H2,1H3,(H,21,22). The Labute approximate surface area is 135 Å². The third-order valence-corrected chi connectivity index (χ3v) is 3.42. The van der Waals surface area contributed by atoms with Crippen molar-refractivity contribution in [2.45, 2.75) is 13.5 Å². The van der Waals surface area contributed by atoms with Crippen LogP contribution in [0.15, 0.2) is 54.6 Å². The van der Waals surface area contributed by atoms with Crippen LogP contribution in [0.3, 0.4) is 0 Å². The lowest BCUT2D eigenvalue weighted by atomic mass is 10.2. The third-order valence-electron chi connectivity index (χ3n) is 3.42. The second-order valence-corrected chi connectivity index (χ2v) is 4.98. The van der Waals surface area contributed by atoms with E-state index in [0.29, 0.717) is 13.1 Å². The van der Waals surface area contributed by atoms with E-state index in [0.717, 1.165) is 5.56 Å². The number of nitrogens with zero attached hydrogens (tertiary/aromatic N) is 1. The van der Waals surface area contributed by atoms with E-state index in [1.807, 2.05) is 37.3 Å². The fourth-order valence-corrected chi connectivity index (χ4v) is 2.18. The summed E-state index contributed by atoms with van der Waals surface area (Å²) in [6, 6.07) is 16.0. The van der Waals surface area contributed by atoms with Crippen molar-refractivity contribution in [3.63, 3.8) is 0 Å². The maximum Gasteiger partial charge on any atom is 0.339 e. The van der Waals surface area contributed by atoms with Crippen LogP contribution in [0.1, 0.15) is 22.8 Å². The molecule has 1 N–H and O–H groups in total. The molecule has 1 amide bonds. The number of aromatic carboxylic acids is 1. The quantitative estimate of drug-likeness (QED) is 0.853. The minimum absolute atomic E-state index is 0.0476. The summed E-state index contributed by atoms with van der Waals surface area (Å²) < 4.78 is 5.41. The van der Waals surface area contributed by atoms with E-state index in [-0.39, 0.29) is 23.8 Å². The molecular weight excluding hydrogens is 294 g/mol. The van der Waals surface area contributed by atoms with Gasteiger partial charge in [-0.25, -0.2) is 4.79 Å². The monoisotopic (exact) mass is 313 g/mol. The van der Waals surface area contributed by atoms with Crippen molar-refractivity contribution in [1.29, 1.82) is 0 Å². The highest BCUT2D eigenvalue weighted by Crippen LogP contribution is 2.18. The first-order valence-corrected chi connectivity index (χ1v) is 7.38. The number of rotatable bonds is 7. The molecule has 0 heterocycles. The van der Waals surface area contributed by atoms with Crippen LogP contribution in [-0.2, 0) is 11.3 Å². The summed E-state index contributed by atoms with van der Waals surface area (Å²) in [5.74, 6) is -1.06. The lowest BCUT2D eigenvalue weighted by Gasteiger charge is -2.21. The Morgan fingerprint density at radius 1 is 1.04 bits per heavy atom. The molecule has 0 saturated carbocycles. The van der Waals surface area contributed by atoms with Crippen LogP contribution < -0.4 is 4.74 Å². The van der Waals surface area contributed by atoms with Gasteiger partial charge in [0.05, 0.1) is 0 Å². The minimum Gasteiger partial charge on any atom is -0.483 e. The molecule has 0 saturated heterocycles. The van der Waals surface area contributed by atoms with Gasteiger partial charge in [0.2, 0.25) is 0 Å². The molecule has 0 aliphatic rings. The number of amides is 1. The molecule has 2 rings (SSSR count). The second kappa shape index (κ2) is 7.98. The van der Waals surface area contributed by atoms with Gasteiger partial charge in [0.15, 0.2) is 6.61 Å². The highest BCUT2D eigenvalue weighted by molar-refractivity contribution is 5.91. The number of benzene rings is 2. The second-order valence-electron chi connectivity index (χ2n) is 4.98. The summed E-state index contributed by atoms with van der Waals surface area (Å²) in [7, 11) is 0. The Morgan fingerprint density at radius 2 is 1.70 bits per heavy atom. The summed E-state index contributed by atoms with van der Waals surface area (Å²) in [6.07, 6.45) is 0. The summed E-state index contributed by atoms with van der Waals surface area (Å²) in [6.45, 7) is 2.76. The maximum absolute atomic E-state index is 12.3. The number of carbonyl (C=O) groups excluding carboxylic acids is 1. The molecule has 0 fully saturated rings. The predicted octanol–water partition coefficient (Wildman–Crippen LogP) is 2.81. The fourth-order valence-electron chi connectivity index (χ4n) is 2.18. The van der Waals surface area contributed by atoms with Crippen molar-refractivity contribution in [3.05, 3.63) is 65.7 Å². The molecule has 5 nitrogen and oxygen atoms in total. The molecule has 0 aliphatic heterocycles. The van der Waals surface area contributed by atoms with Crippen molar-refractivity contribution >= 4 is 11.9 Å². The number of para-hydroxylation sites is 1. The molecule has 2 aromatic rings. The van der Waals surface area contributed by atoms with E-state index < -0.39 is 5.97 Å². The van der Waals surface area contributed by atoms with E-state index in [1.165, 1.54) is 6.07 Å². The molecule has 0 atom stereocenters. The van der Waals surface area contributed by atoms with Gasteiger partial charge in [0, 0.05) is 13.1 Å². The molecule has 0 bridgehead atoms. The molecular formula is C18H19NO4. The fraction of sp³-hybridized carbons (Fsp3) is 0.222. The zero-order chi connectivity index (χ0) is 16.7. The number of hydrogen-bond acceptors (Lipinski definition) is 3. The number of likely N-dealkylation sites (N-methyl/N-ethyl adjacent to an activating group) is 1. The first kappa shape index (κ1) is 16.5. The SMILES string of the molecule is CCN(Cc1ccccc1)C(=O)COc1ccccc1C(=O)O. The van der Waals surface area contributed by atoms with E-state index in [4.69, 9.17) is 9.84 Å². The molecule has 0 spiro atoms. The van der Waals surface area contributed by atoms with Gasteiger partial charge in [-0.05, 0) is 24.6 Å². The normalized spacial score (nSPS) is 10.1. The Bertz CT molecular complexity index is 670. The van der Waals surface area contributed by atoms with Gasteiger partial charge < -0.3 is 14.7 Å². The first-order chi connectivity index (χ1) is 11.1. The van der Waals surface area contributed by atoms with Crippen molar-refractivity contribution in [1.82, 2.24) is 4.90 Å². The Kier molecular flexibility index (Phi) is 5.74. The highest BCUT2D eigenvalue weighted by Gasteiger charge is 2.15. The van der Waals surface area contributed by atoms with Gasteiger partial charge in [-0.2, -0.15) is 0 Å². The highest BCUT2D eigenvalue weighted by atomic mass is 16.5. The molecule has 5 heteroatoms. The number of ether oxygens (including phenoxy) is 1. The predicted molar refractivity (Wildman–Crippen MR) is 86.4 cm³/mol.